The molecule has 0 spiro atoms. The van der Waals surface area contributed by atoms with Crippen molar-refractivity contribution >= 4 is 5.97 Å². The quantitative estimate of drug-likeness (QED) is 0.680. The van der Waals surface area contributed by atoms with Crippen LogP contribution in [0.1, 0.15) is 6.92 Å². The van der Waals surface area contributed by atoms with Crippen molar-refractivity contribution in [3.63, 3.8) is 0 Å². The Labute approximate surface area is 120 Å². The van der Waals surface area contributed by atoms with E-state index in [1.807, 2.05) is 43.1 Å². The van der Waals surface area contributed by atoms with Crippen LogP contribution in [0.5, 0.6) is 11.5 Å². The molecule has 0 fully saturated rings. The molecule has 0 aliphatic carbocycles. The highest BCUT2D eigenvalue weighted by Gasteiger charge is 2.15. The molecule has 20 heavy (non-hydrogen) atoms. The lowest BCUT2D eigenvalue weighted by molar-refractivity contribution is -0.145. The van der Waals surface area contributed by atoms with Crippen molar-refractivity contribution in [1.29, 1.82) is 0 Å². The van der Waals surface area contributed by atoms with E-state index in [2.05, 4.69) is 0 Å². The van der Waals surface area contributed by atoms with E-state index in [1.165, 1.54) is 7.11 Å². The van der Waals surface area contributed by atoms with Gasteiger partial charge in [0, 0.05) is 13.1 Å². The van der Waals surface area contributed by atoms with E-state index in [4.69, 9.17) is 14.2 Å². The highest BCUT2D eigenvalue weighted by Crippen LogP contribution is 2.16. The minimum absolute atomic E-state index is 0.133. The molecule has 0 aliphatic heterocycles. The molecule has 0 saturated heterocycles. The van der Waals surface area contributed by atoms with Crippen molar-refractivity contribution in [1.82, 2.24) is 4.90 Å². The maximum absolute atomic E-state index is 11.3. The number of benzene rings is 1. The van der Waals surface area contributed by atoms with Gasteiger partial charge in [-0.25, -0.2) is 0 Å². The second-order valence-corrected chi connectivity index (χ2v) is 4.71. The van der Waals surface area contributed by atoms with Crippen LogP contribution in [0.25, 0.3) is 0 Å². The van der Waals surface area contributed by atoms with E-state index in [1.54, 1.807) is 7.11 Å². The summed E-state index contributed by atoms with van der Waals surface area (Å²) in [6.45, 7) is 3.81. The van der Waals surface area contributed by atoms with Gasteiger partial charge in [-0.3, -0.25) is 4.79 Å². The Balaban J connectivity index is 2.27. The van der Waals surface area contributed by atoms with Gasteiger partial charge in [-0.15, -0.1) is 0 Å². The van der Waals surface area contributed by atoms with Gasteiger partial charge in [0.25, 0.3) is 0 Å². The topological polar surface area (TPSA) is 48.0 Å². The Morgan fingerprint density at radius 2 is 1.80 bits per heavy atom. The van der Waals surface area contributed by atoms with Crippen molar-refractivity contribution < 1.29 is 19.0 Å². The molecule has 1 rings (SSSR count). The average molecular weight is 281 g/mol. The van der Waals surface area contributed by atoms with E-state index in [-0.39, 0.29) is 11.9 Å². The van der Waals surface area contributed by atoms with E-state index in [0.717, 1.165) is 18.0 Å². The highest BCUT2D eigenvalue weighted by molar-refractivity contribution is 5.72. The number of carbonyl (C=O) groups excluding carboxylic acids is 1. The van der Waals surface area contributed by atoms with Crippen LogP contribution < -0.4 is 9.47 Å². The molecule has 0 amide bonds. The normalized spacial score (nSPS) is 12.1. The summed E-state index contributed by atoms with van der Waals surface area (Å²) in [5.74, 6) is 1.29. The molecule has 0 saturated carbocycles. The van der Waals surface area contributed by atoms with Gasteiger partial charge >= 0.3 is 5.97 Å². The van der Waals surface area contributed by atoms with Crippen LogP contribution in [-0.4, -0.2) is 51.8 Å². The van der Waals surface area contributed by atoms with Gasteiger partial charge in [-0.1, -0.05) is 6.92 Å². The minimum Gasteiger partial charge on any atom is -0.497 e. The van der Waals surface area contributed by atoms with Gasteiger partial charge in [0.2, 0.25) is 0 Å². The Morgan fingerprint density at radius 3 is 2.35 bits per heavy atom. The third-order valence-electron chi connectivity index (χ3n) is 2.99. The fraction of sp³-hybridized carbons (Fsp3) is 0.533. The predicted octanol–water partition coefficient (Wildman–Crippen LogP) is 1.81. The fourth-order valence-corrected chi connectivity index (χ4v) is 1.83. The molecule has 0 bridgehead atoms. The molecule has 0 aromatic heterocycles. The molecule has 1 aromatic carbocycles. The summed E-state index contributed by atoms with van der Waals surface area (Å²) in [4.78, 5) is 13.4. The van der Waals surface area contributed by atoms with E-state index < -0.39 is 0 Å². The number of likely N-dealkylation sites (N-methyl/N-ethyl adjacent to an activating group) is 1. The number of methoxy groups -OCH3 is 2. The second-order valence-electron chi connectivity index (χ2n) is 4.71. The van der Waals surface area contributed by atoms with Crippen LogP contribution in [0.3, 0.4) is 0 Å². The number of rotatable bonds is 8. The molecule has 5 nitrogen and oxygen atoms in total. The summed E-state index contributed by atoms with van der Waals surface area (Å²) < 4.78 is 15.4. The highest BCUT2D eigenvalue weighted by atomic mass is 16.5. The number of hydrogen-bond acceptors (Lipinski definition) is 5. The summed E-state index contributed by atoms with van der Waals surface area (Å²) >= 11 is 0. The minimum atomic E-state index is -0.187. The predicted molar refractivity (Wildman–Crippen MR) is 77.2 cm³/mol. The molecule has 1 atom stereocenters. The first-order valence-corrected chi connectivity index (χ1v) is 6.60. The maximum atomic E-state index is 11.3. The monoisotopic (exact) mass is 281 g/mol. The van der Waals surface area contributed by atoms with E-state index in [0.29, 0.717) is 13.2 Å². The van der Waals surface area contributed by atoms with Gasteiger partial charge in [0.15, 0.2) is 0 Å². The summed E-state index contributed by atoms with van der Waals surface area (Å²) in [5.41, 5.74) is 0. The SMILES string of the molecule is COC(=O)C(C)CN(C)CCOc1ccc(OC)cc1. The molecule has 5 heteroatoms. The van der Waals surface area contributed by atoms with Crippen LogP contribution in [-0.2, 0) is 9.53 Å². The molecule has 0 heterocycles. The van der Waals surface area contributed by atoms with Crippen molar-refractivity contribution in [2.45, 2.75) is 6.92 Å². The van der Waals surface area contributed by atoms with E-state index >= 15 is 0 Å². The van der Waals surface area contributed by atoms with Crippen LogP contribution in [0, 0.1) is 5.92 Å². The maximum Gasteiger partial charge on any atom is 0.309 e. The molecule has 0 radical (unpaired) electrons. The third-order valence-corrected chi connectivity index (χ3v) is 2.99. The summed E-state index contributed by atoms with van der Waals surface area (Å²) in [7, 11) is 5.00. The molecule has 0 aliphatic rings. The van der Waals surface area contributed by atoms with Crippen LogP contribution in [0.4, 0.5) is 0 Å². The lowest BCUT2D eigenvalue weighted by Crippen LogP contribution is -2.32. The second kappa shape index (κ2) is 8.43. The summed E-state index contributed by atoms with van der Waals surface area (Å²) in [6, 6.07) is 7.46. The number of ether oxygens (including phenoxy) is 3. The number of carbonyl (C=O) groups is 1. The fourth-order valence-electron chi connectivity index (χ4n) is 1.83. The van der Waals surface area contributed by atoms with Crippen molar-refractivity contribution in [2.75, 3.05) is 41.0 Å². The van der Waals surface area contributed by atoms with Gasteiger partial charge in [0.05, 0.1) is 20.1 Å². The Kier molecular flexibility index (Phi) is 6.87. The average Bonchev–Trinajstić information content (AvgIpc) is 2.47. The van der Waals surface area contributed by atoms with Gasteiger partial charge in [-0.05, 0) is 31.3 Å². The van der Waals surface area contributed by atoms with Crippen LogP contribution in [0.2, 0.25) is 0 Å². The number of hydrogen-bond donors (Lipinski definition) is 0. The van der Waals surface area contributed by atoms with Gasteiger partial charge in [-0.2, -0.15) is 0 Å². The molecular formula is C15H23NO4. The van der Waals surface area contributed by atoms with Crippen LogP contribution >= 0.6 is 0 Å². The Bertz CT molecular complexity index is 405. The van der Waals surface area contributed by atoms with Crippen molar-refractivity contribution in [2.24, 2.45) is 5.92 Å². The molecule has 0 N–H and O–H groups in total. The lowest BCUT2D eigenvalue weighted by Gasteiger charge is -2.20. The van der Waals surface area contributed by atoms with Crippen molar-refractivity contribution in [3.05, 3.63) is 24.3 Å². The lowest BCUT2D eigenvalue weighted by atomic mass is 10.2. The molecule has 1 aromatic rings. The van der Waals surface area contributed by atoms with Crippen molar-refractivity contribution in [3.8, 4) is 11.5 Å². The zero-order valence-corrected chi connectivity index (χ0v) is 12.6. The van der Waals surface area contributed by atoms with Crippen LogP contribution in [0.15, 0.2) is 24.3 Å². The first-order valence-electron chi connectivity index (χ1n) is 6.60. The zero-order valence-electron chi connectivity index (χ0n) is 12.6. The van der Waals surface area contributed by atoms with Gasteiger partial charge in [0.1, 0.15) is 18.1 Å². The summed E-state index contributed by atoms with van der Waals surface area (Å²) in [6.07, 6.45) is 0. The standard InChI is InChI=1S/C15H23NO4/c1-12(15(17)19-4)11-16(2)9-10-20-14-7-5-13(18-3)6-8-14/h5-8,12H,9-11H2,1-4H3. The Morgan fingerprint density at radius 1 is 1.20 bits per heavy atom. The summed E-state index contributed by atoms with van der Waals surface area (Å²) in [5, 5.41) is 0. The molecule has 1 unspecified atom stereocenters. The molecule has 112 valence electrons. The Hall–Kier alpha value is -1.75. The third kappa shape index (κ3) is 5.48. The molecular weight excluding hydrogens is 258 g/mol. The first-order chi connectivity index (χ1) is 9.56. The first kappa shape index (κ1) is 16.3. The zero-order chi connectivity index (χ0) is 15.0. The number of nitrogens with zero attached hydrogens (tertiary/aromatic N) is 1. The number of esters is 1. The van der Waals surface area contributed by atoms with E-state index in [9.17, 15) is 4.79 Å². The van der Waals surface area contributed by atoms with Gasteiger partial charge < -0.3 is 19.1 Å². The largest absolute Gasteiger partial charge is 0.497 e. The smallest absolute Gasteiger partial charge is 0.309 e.